The molecule has 0 aromatic carbocycles. The minimum Gasteiger partial charge on any atom is -0.395 e. The number of pyridine rings is 1. The largest absolute Gasteiger partial charge is 0.395 e. The summed E-state index contributed by atoms with van der Waals surface area (Å²) in [5.74, 6) is 0.343. The molecule has 0 bridgehead atoms. The molecule has 0 fully saturated rings. The molecular weight excluding hydrogens is 226 g/mol. The normalized spacial score (nSPS) is 15.1. The number of nitrogens with zero attached hydrogens (tertiary/aromatic N) is 2. The van der Waals surface area contributed by atoms with Gasteiger partial charge in [0.05, 0.1) is 12.3 Å². The van der Waals surface area contributed by atoms with Gasteiger partial charge in [-0.25, -0.2) is 0 Å². The van der Waals surface area contributed by atoms with Gasteiger partial charge >= 0.3 is 0 Å². The number of aromatic nitrogens is 1. The van der Waals surface area contributed by atoms with E-state index < -0.39 is 0 Å². The molecule has 1 heterocycles. The van der Waals surface area contributed by atoms with Crippen LogP contribution in [0, 0.1) is 12.8 Å². The van der Waals surface area contributed by atoms with E-state index in [0.717, 1.165) is 11.4 Å². The van der Waals surface area contributed by atoms with Crippen LogP contribution in [0.4, 0.5) is 0 Å². The van der Waals surface area contributed by atoms with Crippen molar-refractivity contribution in [3.8, 4) is 0 Å². The molecule has 102 valence electrons. The molecular formula is C14H25N3O. The summed E-state index contributed by atoms with van der Waals surface area (Å²) in [6.45, 7) is 6.90. The summed E-state index contributed by atoms with van der Waals surface area (Å²) >= 11 is 0. The topological polar surface area (TPSA) is 62.4 Å². The first-order valence-electron chi connectivity index (χ1n) is 6.45. The highest BCUT2D eigenvalue weighted by atomic mass is 16.3. The summed E-state index contributed by atoms with van der Waals surface area (Å²) in [5.41, 5.74) is 8.15. The van der Waals surface area contributed by atoms with E-state index in [1.807, 2.05) is 32.2 Å². The zero-order valence-electron chi connectivity index (χ0n) is 11.8. The summed E-state index contributed by atoms with van der Waals surface area (Å²) in [5, 5.41) is 9.51. The fraction of sp³-hybridized carbons (Fsp3) is 0.643. The second kappa shape index (κ2) is 6.83. The van der Waals surface area contributed by atoms with Crippen molar-refractivity contribution >= 4 is 0 Å². The zero-order valence-corrected chi connectivity index (χ0v) is 11.8. The molecule has 0 aliphatic rings. The highest BCUT2D eigenvalue weighted by Gasteiger charge is 2.24. The average Bonchev–Trinajstić information content (AvgIpc) is 2.29. The minimum absolute atomic E-state index is 0.0349. The van der Waals surface area contributed by atoms with Crippen molar-refractivity contribution in [1.29, 1.82) is 0 Å². The van der Waals surface area contributed by atoms with Crippen LogP contribution in [0.1, 0.15) is 25.2 Å². The van der Waals surface area contributed by atoms with Gasteiger partial charge in [0.25, 0.3) is 0 Å². The lowest BCUT2D eigenvalue weighted by molar-refractivity contribution is 0.106. The fourth-order valence-electron chi connectivity index (χ4n) is 2.06. The molecule has 2 unspecified atom stereocenters. The smallest absolute Gasteiger partial charge is 0.0602 e. The Hall–Kier alpha value is -0.970. The van der Waals surface area contributed by atoms with Crippen LogP contribution in [-0.4, -0.2) is 40.7 Å². The van der Waals surface area contributed by atoms with Gasteiger partial charge in [-0.15, -0.1) is 0 Å². The van der Waals surface area contributed by atoms with E-state index in [1.54, 1.807) is 0 Å². The molecule has 0 saturated carbocycles. The molecule has 1 aromatic heterocycles. The number of hydrogen-bond donors (Lipinski definition) is 2. The van der Waals surface area contributed by atoms with Crippen LogP contribution in [0.15, 0.2) is 18.2 Å². The first-order valence-corrected chi connectivity index (χ1v) is 6.45. The number of rotatable bonds is 6. The standard InChI is InChI=1S/C14H25N3O/c1-10(2)14(15)13(9-18)17(4)8-12-7-5-6-11(3)16-12/h5-7,10,13-14,18H,8-9,15H2,1-4H3. The Labute approximate surface area is 110 Å². The predicted octanol–water partition coefficient (Wildman–Crippen LogP) is 1.17. The van der Waals surface area contributed by atoms with Crippen molar-refractivity contribution in [2.75, 3.05) is 13.7 Å². The van der Waals surface area contributed by atoms with Crippen LogP contribution in [0.5, 0.6) is 0 Å². The lowest BCUT2D eigenvalue weighted by Crippen LogP contribution is -2.50. The second-order valence-corrected chi connectivity index (χ2v) is 5.26. The number of likely N-dealkylation sites (N-methyl/N-ethyl adjacent to an activating group) is 1. The van der Waals surface area contributed by atoms with E-state index in [4.69, 9.17) is 5.73 Å². The highest BCUT2D eigenvalue weighted by molar-refractivity contribution is 5.10. The van der Waals surface area contributed by atoms with Gasteiger partial charge in [0.15, 0.2) is 0 Å². The lowest BCUT2D eigenvalue weighted by atomic mass is 9.97. The van der Waals surface area contributed by atoms with Gasteiger partial charge in [0.2, 0.25) is 0 Å². The van der Waals surface area contributed by atoms with Gasteiger partial charge in [0, 0.05) is 24.3 Å². The van der Waals surface area contributed by atoms with Crippen molar-refractivity contribution in [2.24, 2.45) is 11.7 Å². The summed E-state index contributed by atoms with van der Waals surface area (Å²) in [7, 11) is 1.98. The Bertz CT molecular complexity index is 368. The maximum absolute atomic E-state index is 9.51. The van der Waals surface area contributed by atoms with Crippen molar-refractivity contribution in [1.82, 2.24) is 9.88 Å². The van der Waals surface area contributed by atoms with Gasteiger partial charge in [-0.1, -0.05) is 19.9 Å². The van der Waals surface area contributed by atoms with E-state index in [1.165, 1.54) is 0 Å². The van der Waals surface area contributed by atoms with Crippen LogP contribution in [0.25, 0.3) is 0 Å². The van der Waals surface area contributed by atoms with Crippen molar-refractivity contribution in [2.45, 2.75) is 39.4 Å². The third-order valence-corrected chi connectivity index (χ3v) is 3.32. The van der Waals surface area contributed by atoms with E-state index in [9.17, 15) is 5.11 Å². The Morgan fingerprint density at radius 1 is 1.39 bits per heavy atom. The van der Waals surface area contributed by atoms with Crippen molar-refractivity contribution < 1.29 is 5.11 Å². The molecule has 0 amide bonds. The van der Waals surface area contributed by atoms with Crippen LogP contribution >= 0.6 is 0 Å². The molecule has 0 radical (unpaired) electrons. The Balaban J connectivity index is 2.70. The zero-order chi connectivity index (χ0) is 13.7. The van der Waals surface area contributed by atoms with E-state index in [2.05, 4.69) is 23.7 Å². The number of hydrogen-bond acceptors (Lipinski definition) is 4. The fourth-order valence-corrected chi connectivity index (χ4v) is 2.06. The molecule has 0 aliphatic heterocycles. The molecule has 0 spiro atoms. The maximum Gasteiger partial charge on any atom is 0.0602 e. The molecule has 1 rings (SSSR count). The summed E-state index contributed by atoms with van der Waals surface area (Å²) in [4.78, 5) is 6.55. The van der Waals surface area contributed by atoms with E-state index in [0.29, 0.717) is 12.5 Å². The first-order chi connectivity index (χ1) is 8.45. The Morgan fingerprint density at radius 3 is 2.56 bits per heavy atom. The average molecular weight is 251 g/mol. The molecule has 0 saturated heterocycles. The number of aryl methyl sites for hydroxylation is 1. The minimum atomic E-state index is -0.0372. The molecule has 4 nitrogen and oxygen atoms in total. The van der Waals surface area contributed by atoms with Gasteiger partial charge in [-0.05, 0) is 32.0 Å². The molecule has 18 heavy (non-hydrogen) atoms. The summed E-state index contributed by atoms with van der Waals surface area (Å²) < 4.78 is 0. The molecule has 0 aliphatic carbocycles. The van der Waals surface area contributed by atoms with E-state index >= 15 is 0 Å². The van der Waals surface area contributed by atoms with Gasteiger partial charge in [-0.2, -0.15) is 0 Å². The molecule has 2 atom stereocenters. The third-order valence-electron chi connectivity index (χ3n) is 3.32. The van der Waals surface area contributed by atoms with Crippen LogP contribution in [0.2, 0.25) is 0 Å². The van der Waals surface area contributed by atoms with Gasteiger partial charge in [-0.3, -0.25) is 9.88 Å². The van der Waals surface area contributed by atoms with Gasteiger partial charge < -0.3 is 10.8 Å². The summed E-state index contributed by atoms with van der Waals surface area (Å²) in [6.07, 6.45) is 0. The Kier molecular flexibility index (Phi) is 5.72. The number of aliphatic hydroxyl groups is 1. The highest BCUT2D eigenvalue weighted by Crippen LogP contribution is 2.12. The SMILES string of the molecule is Cc1cccc(CN(C)C(CO)C(N)C(C)C)n1. The Morgan fingerprint density at radius 2 is 2.06 bits per heavy atom. The van der Waals surface area contributed by atoms with E-state index in [-0.39, 0.29) is 18.7 Å². The first kappa shape index (κ1) is 15.1. The van der Waals surface area contributed by atoms with Crippen LogP contribution in [-0.2, 0) is 6.54 Å². The van der Waals surface area contributed by atoms with Crippen LogP contribution < -0.4 is 5.73 Å². The number of aliphatic hydroxyl groups excluding tert-OH is 1. The monoisotopic (exact) mass is 251 g/mol. The molecule has 4 heteroatoms. The van der Waals surface area contributed by atoms with Crippen molar-refractivity contribution in [3.63, 3.8) is 0 Å². The predicted molar refractivity (Wildman–Crippen MR) is 74.1 cm³/mol. The van der Waals surface area contributed by atoms with Crippen molar-refractivity contribution in [3.05, 3.63) is 29.6 Å². The molecule has 1 aromatic rings. The summed E-state index contributed by atoms with van der Waals surface area (Å²) in [6, 6.07) is 5.91. The lowest BCUT2D eigenvalue weighted by Gasteiger charge is -2.33. The third kappa shape index (κ3) is 4.05. The quantitative estimate of drug-likeness (QED) is 0.796. The maximum atomic E-state index is 9.51. The molecule has 3 N–H and O–H groups in total. The number of nitrogens with two attached hydrogens (primary N) is 1. The second-order valence-electron chi connectivity index (χ2n) is 5.26. The van der Waals surface area contributed by atoms with Crippen LogP contribution in [0.3, 0.4) is 0 Å². The van der Waals surface area contributed by atoms with Gasteiger partial charge in [0.1, 0.15) is 0 Å².